The molecule has 0 radical (unpaired) electrons. The van der Waals surface area contributed by atoms with E-state index in [2.05, 4.69) is 48.8 Å². The number of carboxylic acid groups (broad SMARTS) is 1. The molecule has 3 heteroatoms. The van der Waals surface area contributed by atoms with Crippen LogP contribution in [0.2, 0.25) is 0 Å². The summed E-state index contributed by atoms with van der Waals surface area (Å²) in [5, 5.41) is 9.01. The van der Waals surface area contributed by atoms with E-state index >= 15 is 0 Å². The van der Waals surface area contributed by atoms with Gasteiger partial charge in [0.15, 0.2) is 0 Å². The van der Waals surface area contributed by atoms with Crippen LogP contribution >= 0.6 is 15.9 Å². The summed E-state index contributed by atoms with van der Waals surface area (Å²) < 4.78 is 1.16. The summed E-state index contributed by atoms with van der Waals surface area (Å²) in [7, 11) is 0. The Morgan fingerprint density at radius 1 is 1.42 bits per heavy atom. The number of carboxylic acids is 1. The van der Waals surface area contributed by atoms with Crippen LogP contribution in [0.25, 0.3) is 0 Å². The third-order valence-corrected chi connectivity index (χ3v) is 5.06. The van der Waals surface area contributed by atoms with E-state index < -0.39 is 5.97 Å². The minimum absolute atomic E-state index is 0.0978. The van der Waals surface area contributed by atoms with Crippen LogP contribution in [-0.2, 0) is 4.79 Å². The van der Waals surface area contributed by atoms with Crippen molar-refractivity contribution in [3.05, 3.63) is 33.3 Å². The van der Waals surface area contributed by atoms with Crippen molar-refractivity contribution in [1.29, 1.82) is 0 Å². The molecule has 19 heavy (non-hydrogen) atoms. The molecule has 2 nitrogen and oxygen atoms in total. The summed E-state index contributed by atoms with van der Waals surface area (Å²) in [4.78, 5) is 10.9. The summed E-state index contributed by atoms with van der Waals surface area (Å²) in [6.45, 7) is 6.44. The van der Waals surface area contributed by atoms with Crippen molar-refractivity contribution in [3.8, 4) is 0 Å². The topological polar surface area (TPSA) is 37.3 Å². The fraction of sp³-hybridized carbons (Fsp3) is 0.562. The molecule has 1 aromatic rings. The first-order chi connectivity index (χ1) is 8.93. The van der Waals surface area contributed by atoms with Crippen molar-refractivity contribution < 1.29 is 9.90 Å². The molecule has 3 atom stereocenters. The molecule has 2 rings (SSSR count). The molecular formula is C16H21BrO2. The maximum atomic E-state index is 10.9. The number of halogens is 1. The van der Waals surface area contributed by atoms with Gasteiger partial charge in [-0.05, 0) is 67.7 Å². The fourth-order valence-corrected chi connectivity index (χ4v) is 3.59. The van der Waals surface area contributed by atoms with E-state index in [0.717, 1.165) is 23.7 Å². The molecule has 1 aromatic carbocycles. The highest BCUT2D eigenvalue weighted by atomic mass is 79.9. The van der Waals surface area contributed by atoms with Gasteiger partial charge in [0.25, 0.3) is 0 Å². The molecule has 1 saturated carbocycles. The van der Waals surface area contributed by atoms with E-state index in [1.807, 2.05) is 0 Å². The first-order valence-electron chi connectivity index (χ1n) is 6.93. The van der Waals surface area contributed by atoms with Crippen LogP contribution < -0.4 is 0 Å². The second-order valence-corrected chi connectivity index (χ2v) is 6.59. The second kappa shape index (κ2) is 5.66. The SMILES string of the molecule is CCC(CC1CC1C(=O)O)c1cc(C)c(C)cc1Br. The average molecular weight is 325 g/mol. The second-order valence-electron chi connectivity index (χ2n) is 5.74. The van der Waals surface area contributed by atoms with Crippen molar-refractivity contribution in [2.45, 2.75) is 46.0 Å². The molecule has 0 spiro atoms. The van der Waals surface area contributed by atoms with E-state index in [9.17, 15) is 4.79 Å². The monoisotopic (exact) mass is 324 g/mol. The Bertz CT molecular complexity index is 496. The van der Waals surface area contributed by atoms with Crippen LogP contribution in [0.3, 0.4) is 0 Å². The predicted octanol–water partition coefficient (Wildman–Crippen LogP) is 4.67. The van der Waals surface area contributed by atoms with Crippen molar-refractivity contribution in [2.75, 3.05) is 0 Å². The van der Waals surface area contributed by atoms with Crippen LogP contribution in [0.5, 0.6) is 0 Å². The lowest BCUT2D eigenvalue weighted by atomic mass is 9.89. The molecule has 1 aliphatic carbocycles. The zero-order valence-electron chi connectivity index (χ0n) is 11.7. The average Bonchev–Trinajstić information content (AvgIpc) is 3.10. The molecule has 0 amide bonds. The zero-order chi connectivity index (χ0) is 14.2. The third-order valence-electron chi connectivity index (χ3n) is 4.37. The van der Waals surface area contributed by atoms with Crippen LogP contribution in [0, 0.1) is 25.7 Å². The summed E-state index contributed by atoms with van der Waals surface area (Å²) in [5.41, 5.74) is 3.93. The summed E-state index contributed by atoms with van der Waals surface area (Å²) in [5.74, 6) is 0.109. The minimum Gasteiger partial charge on any atom is -0.481 e. The van der Waals surface area contributed by atoms with Crippen LogP contribution in [0.4, 0.5) is 0 Å². The number of hydrogen-bond donors (Lipinski definition) is 1. The van der Waals surface area contributed by atoms with E-state index in [1.54, 1.807) is 0 Å². The third kappa shape index (κ3) is 3.19. The standard InChI is InChI=1S/C16H21BrO2/c1-4-11(7-12-8-14(12)16(18)19)13-5-9(2)10(3)6-15(13)17/h5-6,11-12,14H,4,7-8H2,1-3H3,(H,18,19). The molecule has 0 aromatic heterocycles. The van der Waals surface area contributed by atoms with Gasteiger partial charge in [0.1, 0.15) is 0 Å². The first kappa shape index (κ1) is 14.6. The van der Waals surface area contributed by atoms with Gasteiger partial charge in [0, 0.05) is 4.47 Å². The van der Waals surface area contributed by atoms with E-state index in [0.29, 0.717) is 11.8 Å². The lowest BCUT2D eigenvalue weighted by Gasteiger charge is -2.18. The van der Waals surface area contributed by atoms with Gasteiger partial charge in [-0.2, -0.15) is 0 Å². The van der Waals surface area contributed by atoms with Gasteiger partial charge < -0.3 is 5.11 Å². The van der Waals surface area contributed by atoms with Gasteiger partial charge in [-0.3, -0.25) is 4.79 Å². The van der Waals surface area contributed by atoms with Gasteiger partial charge in [-0.1, -0.05) is 28.9 Å². The van der Waals surface area contributed by atoms with Gasteiger partial charge in [-0.15, -0.1) is 0 Å². The molecule has 1 aliphatic rings. The normalized spacial score (nSPS) is 23.2. The van der Waals surface area contributed by atoms with Crippen LogP contribution in [0.1, 0.15) is 48.8 Å². The number of benzene rings is 1. The summed E-state index contributed by atoms with van der Waals surface area (Å²) in [6, 6.07) is 4.43. The van der Waals surface area contributed by atoms with Crippen molar-refractivity contribution in [1.82, 2.24) is 0 Å². The number of rotatable bonds is 5. The van der Waals surface area contributed by atoms with Gasteiger partial charge in [-0.25, -0.2) is 0 Å². The molecule has 3 unspecified atom stereocenters. The number of aryl methyl sites for hydroxylation is 2. The lowest BCUT2D eigenvalue weighted by Crippen LogP contribution is -2.05. The molecule has 0 aliphatic heterocycles. The minimum atomic E-state index is -0.626. The quantitative estimate of drug-likeness (QED) is 0.854. The Labute approximate surface area is 123 Å². The summed E-state index contributed by atoms with van der Waals surface area (Å²) >= 11 is 3.66. The van der Waals surface area contributed by atoms with Gasteiger partial charge in [0.2, 0.25) is 0 Å². The highest BCUT2D eigenvalue weighted by molar-refractivity contribution is 9.10. The molecule has 1 fully saturated rings. The van der Waals surface area contributed by atoms with Crippen molar-refractivity contribution >= 4 is 21.9 Å². The summed E-state index contributed by atoms with van der Waals surface area (Å²) in [6.07, 6.45) is 2.91. The lowest BCUT2D eigenvalue weighted by molar-refractivity contribution is -0.138. The highest BCUT2D eigenvalue weighted by Crippen LogP contribution is 2.47. The van der Waals surface area contributed by atoms with E-state index in [1.165, 1.54) is 16.7 Å². The highest BCUT2D eigenvalue weighted by Gasteiger charge is 2.43. The molecule has 104 valence electrons. The van der Waals surface area contributed by atoms with Crippen molar-refractivity contribution in [2.24, 2.45) is 11.8 Å². The predicted molar refractivity (Wildman–Crippen MR) is 80.5 cm³/mol. The van der Waals surface area contributed by atoms with E-state index in [4.69, 9.17) is 5.11 Å². The Kier molecular flexibility index (Phi) is 4.34. The number of carbonyl (C=O) groups is 1. The molecule has 0 saturated heterocycles. The van der Waals surface area contributed by atoms with Crippen LogP contribution in [0.15, 0.2) is 16.6 Å². The Balaban J connectivity index is 2.14. The molecule has 1 N–H and O–H groups in total. The largest absolute Gasteiger partial charge is 0.481 e. The van der Waals surface area contributed by atoms with Gasteiger partial charge in [0.05, 0.1) is 5.92 Å². The molecular weight excluding hydrogens is 304 g/mol. The van der Waals surface area contributed by atoms with Crippen LogP contribution in [-0.4, -0.2) is 11.1 Å². The first-order valence-corrected chi connectivity index (χ1v) is 7.72. The zero-order valence-corrected chi connectivity index (χ0v) is 13.3. The van der Waals surface area contributed by atoms with E-state index in [-0.39, 0.29) is 5.92 Å². The Morgan fingerprint density at radius 3 is 2.58 bits per heavy atom. The number of hydrogen-bond acceptors (Lipinski definition) is 1. The van der Waals surface area contributed by atoms with Crippen molar-refractivity contribution in [3.63, 3.8) is 0 Å². The molecule has 0 heterocycles. The molecule has 0 bridgehead atoms. The maximum absolute atomic E-state index is 10.9. The smallest absolute Gasteiger partial charge is 0.306 e. The maximum Gasteiger partial charge on any atom is 0.306 e. The Morgan fingerprint density at radius 2 is 2.05 bits per heavy atom. The number of aliphatic carboxylic acids is 1. The fourth-order valence-electron chi connectivity index (χ4n) is 2.81. The van der Waals surface area contributed by atoms with Gasteiger partial charge >= 0.3 is 5.97 Å². The Hall–Kier alpha value is -0.830.